The standard InChI is InChI=1S/C12H25NO4S2.Na/c1-5-6-7-18-8-10(2)11(14)13-12(3,4)9-19(15,16)17;/h10H,5-9H2,1-4H3,(H,13,14)(H,15,16,17);/q;+1/p-1. The number of amides is 1. The summed E-state index contributed by atoms with van der Waals surface area (Å²) in [4.78, 5) is 11.9. The van der Waals surface area contributed by atoms with Crippen LogP contribution in [0.2, 0.25) is 0 Å². The molecule has 0 saturated heterocycles. The van der Waals surface area contributed by atoms with Crippen LogP contribution >= 0.6 is 11.8 Å². The topological polar surface area (TPSA) is 86.3 Å². The minimum absolute atomic E-state index is 0. The molecular formula is C12H24NNaO4S2. The molecule has 0 radical (unpaired) electrons. The summed E-state index contributed by atoms with van der Waals surface area (Å²) in [7, 11) is -4.35. The van der Waals surface area contributed by atoms with E-state index in [0.29, 0.717) is 5.75 Å². The predicted octanol–water partition coefficient (Wildman–Crippen LogP) is -1.40. The van der Waals surface area contributed by atoms with Gasteiger partial charge in [0.15, 0.2) is 0 Å². The second-order valence-electron chi connectivity index (χ2n) is 5.40. The first-order valence-corrected chi connectivity index (χ1v) is 9.14. The van der Waals surface area contributed by atoms with Gasteiger partial charge in [-0.05, 0) is 26.0 Å². The fourth-order valence-electron chi connectivity index (χ4n) is 1.52. The molecule has 1 amide bonds. The molecule has 0 fully saturated rings. The van der Waals surface area contributed by atoms with Crippen LogP contribution in [0, 0.1) is 5.92 Å². The second kappa shape index (κ2) is 10.5. The van der Waals surface area contributed by atoms with Crippen LogP contribution in [0.15, 0.2) is 0 Å². The van der Waals surface area contributed by atoms with Crippen molar-refractivity contribution in [2.75, 3.05) is 17.3 Å². The third-order valence-electron chi connectivity index (χ3n) is 2.46. The number of unbranched alkanes of at least 4 members (excludes halogenated alkanes) is 1. The Morgan fingerprint density at radius 2 is 1.95 bits per heavy atom. The summed E-state index contributed by atoms with van der Waals surface area (Å²) < 4.78 is 32.2. The van der Waals surface area contributed by atoms with E-state index in [-0.39, 0.29) is 41.4 Å². The molecule has 1 atom stereocenters. The first kappa shape index (κ1) is 23.0. The fraction of sp³-hybridized carbons (Fsp3) is 0.917. The Morgan fingerprint density at radius 3 is 2.40 bits per heavy atom. The van der Waals surface area contributed by atoms with Gasteiger partial charge in [-0.2, -0.15) is 11.8 Å². The van der Waals surface area contributed by atoms with Crippen LogP contribution < -0.4 is 34.9 Å². The summed E-state index contributed by atoms with van der Waals surface area (Å²) >= 11 is 1.71. The molecule has 0 rings (SSSR count). The number of rotatable bonds is 9. The third kappa shape index (κ3) is 12.5. The van der Waals surface area contributed by atoms with Crippen molar-refractivity contribution in [3.63, 3.8) is 0 Å². The largest absolute Gasteiger partial charge is 1.00 e. The van der Waals surface area contributed by atoms with Gasteiger partial charge in [-0.25, -0.2) is 8.42 Å². The van der Waals surface area contributed by atoms with Crippen LogP contribution in [0.5, 0.6) is 0 Å². The van der Waals surface area contributed by atoms with E-state index < -0.39 is 21.4 Å². The van der Waals surface area contributed by atoms with Crippen molar-refractivity contribution < 1.29 is 47.3 Å². The van der Waals surface area contributed by atoms with Crippen molar-refractivity contribution in [2.45, 2.75) is 46.1 Å². The fourth-order valence-corrected chi connectivity index (χ4v) is 3.64. The van der Waals surface area contributed by atoms with E-state index >= 15 is 0 Å². The summed E-state index contributed by atoms with van der Waals surface area (Å²) in [6, 6.07) is 0. The van der Waals surface area contributed by atoms with Crippen molar-refractivity contribution in [1.82, 2.24) is 5.32 Å². The van der Waals surface area contributed by atoms with Crippen molar-refractivity contribution in [3.8, 4) is 0 Å². The van der Waals surface area contributed by atoms with Gasteiger partial charge in [-0.15, -0.1) is 0 Å². The van der Waals surface area contributed by atoms with Gasteiger partial charge in [0.1, 0.15) is 0 Å². The van der Waals surface area contributed by atoms with Crippen molar-refractivity contribution >= 4 is 27.8 Å². The molecule has 20 heavy (non-hydrogen) atoms. The van der Waals surface area contributed by atoms with Gasteiger partial charge >= 0.3 is 29.6 Å². The molecule has 5 nitrogen and oxygen atoms in total. The summed E-state index contributed by atoms with van der Waals surface area (Å²) in [5, 5.41) is 2.62. The molecule has 0 aromatic carbocycles. The molecule has 0 heterocycles. The second-order valence-corrected chi connectivity index (χ2v) is 7.96. The van der Waals surface area contributed by atoms with Crippen molar-refractivity contribution in [1.29, 1.82) is 0 Å². The van der Waals surface area contributed by atoms with Crippen molar-refractivity contribution in [3.05, 3.63) is 0 Å². The number of carbonyl (C=O) groups is 1. The Morgan fingerprint density at radius 1 is 1.40 bits per heavy atom. The van der Waals surface area contributed by atoms with Gasteiger partial charge in [0.2, 0.25) is 5.91 Å². The maximum Gasteiger partial charge on any atom is 1.00 e. The SMILES string of the molecule is CCCCSCC(C)C(=O)NC(C)(C)CS(=O)(=O)[O-].[Na+]. The molecule has 0 bridgehead atoms. The summed E-state index contributed by atoms with van der Waals surface area (Å²) in [5.74, 6) is 0.716. The Bertz CT molecular complexity index is 385. The van der Waals surface area contributed by atoms with Crippen LogP contribution in [-0.2, 0) is 14.9 Å². The minimum atomic E-state index is -4.35. The molecule has 0 saturated carbocycles. The van der Waals surface area contributed by atoms with E-state index in [2.05, 4.69) is 12.2 Å². The monoisotopic (exact) mass is 333 g/mol. The number of hydrogen-bond donors (Lipinski definition) is 1. The minimum Gasteiger partial charge on any atom is -0.748 e. The van der Waals surface area contributed by atoms with E-state index in [1.165, 1.54) is 13.8 Å². The molecule has 0 aliphatic carbocycles. The molecule has 0 spiro atoms. The first-order chi connectivity index (χ1) is 8.57. The van der Waals surface area contributed by atoms with Gasteiger partial charge in [0, 0.05) is 17.2 Å². The molecule has 0 aliphatic rings. The maximum atomic E-state index is 11.9. The van der Waals surface area contributed by atoms with E-state index in [0.717, 1.165) is 18.6 Å². The van der Waals surface area contributed by atoms with E-state index in [1.54, 1.807) is 18.7 Å². The summed E-state index contributed by atoms with van der Waals surface area (Å²) in [6.07, 6.45) is 2.25. The first-order valence-electron chi connectivity index (χ1n) is 6.41. The molecule has 1 unspecified atom stereocenters. The van der Waals surface area contributed by atoms with E-state index in [9.17, 15) is 17.8 Å². The number of nitrogens with one attached hydrogen (secondary N) is 1. The van der Waals surface area contributed by atoms with Crippen LogP contribution in [0.3, 0.4) is 0 Å². The number of thioether (sulfide) groups is 1. The van der Waals surface area contributed by atoms with Crippen LogP contribution in [-0.4, -0.2) is 41.7 Å². The van der Waals surface area contributed by atoms with Gasteiger partial charge in [0.05, 0.1) is 15.9 Å². The van der Waals surface area contributed by atoms with Crippen LogP contribution in [0.1, 0.15) is 40.5 Å². The number of hydrogen-bond acceptors (Lipinski definition) is 5. The summed E-state index contributed by atoms with van der Waals surface area (Å²) in [5.41, 5.74) is -1.03. The average molecular weight is 333 g/mol. The van der Waals surface area contributed by atoms with Crippen molar-refractivity contribution in [2.24, 2.45) is 5.92 Å². The summed E-state index contributed by atoms with van der Waals surface area (Å²) in [6.45, 7) is 6.99. The Labute approximate surface area is 149 Å². The maximum absolute atomic E-state index is 11.9. The van der Waals surface area contributed by atoms with Gasteiger partial charge in [-0.3, -0.25) is 4.79 Å². The van der Waals surface area contributed by atoms with E-state index in [4.69, 9.17) is 0 Å². The Kier molecular flexibility index (Phi) is 12.0. The molecule has 114 valence electrons. The molecule has 0 aromatic heterocycles. The molecule has 1 N–H and O–H groups in total. The van der Waals surface area contributed by atoms with E-state index in [1.807, 2.05) is 0 Å². The molecule has 0 aromatic rings. The van der Waals surface area contributed by atoms with Crippen LogP contribution in [0.25, 0.3) is 0 Å². The number of carbonyl (C=O) groups excluding carboxylic acids is 1. The third-order valence-corrected chi connectivity index (χ3v) is 4.85. The predicted molar refractivity (Wildman–Crippen MR) is 78.2 cm³/mol. The quantitative estimate of drug-likeness (QED) is 0.319. The smallest absolute Gasteiger partial charge is 0.748 e. The zero-order valence-corrected chi connectivity index (χ0v) is 16.7. The van der Waals surface area contributed by atoms with Gasteiger partial charge in [0.25, 0.3) is 0 Å². The average Bonchev–Trinajstić information content (AvgIpc) is 2.19. The normalized spacial score (nSPS) is 13.4. The molecular weight excluding hydrogens is 309 g/mol. The Balaban J connectivity index is 0. The molecule has 0 aliphatic heterocycles. The zero-order chi connectivity index (χ0) is 15.1. The van der Waals surface area contributed by atoms with Crippen LogP contribution in [0.4, 0.5) is 0 Å². The van der Waals surface area contributed by atoms with Gasteiger partial charge < -0.3 is 9.87 Å². The van der Waals surface area contributed by atoms with Gasteiger partial charge in [-0.1, -0.05) is 20.3 Å². The zero-order valence-electron chi connectivity index (χ0n) is 13.1. The molecule has 8 heteroatoms. The Hall–Kier alpha value is 0.730.